The Morgan fingerprint density at radius 3 is 2.13 bits per heavy atom. The van der Waals surface area contributed by atoms with Crippen molar-refractivity contribution in [1.29, 1.82) is 0 Å². The lowest BCUT2D eigenvalue weighted by atomic mass is 10.0. The van der Waals surface area contributed by atoms with Gasteiger partial charge >= 0.3 is 0 Å². The first-order valence-corrected chi connectivity index (χ1v) is 7.02. The smallest absolute Gasteiger partial charge is 0.134 e. The third-order valence-corrected chi connectivity index (χ3v) is 3.41. The highest BCUT2D eigenvalue weighted by Gasteiger charge is 2.15. The molecule has 2 nitrogen and oxygen atoms in total. The number of para-hydroxylation sites is 2. The second-order valence-corrected chi connectivity index (χ2v) is 4.93. The molecule has 0 heterocycles. The molecule has 0 saturated carbocycles. The van der Waals surface area contributed by atoms with Crippen molar-refractivity contribution < 1.29 is 13.9 Å². The Labute approximate surface area is 132 Å². The van der Waals surface area contributed by atoms with E-state index in [1.165, 1.54) is 18.3 Å². The first kappa shape index (κ1) is 14.9. The Bertz CT molecular complexity index is 840. The lowest BCUT2D eigenvalue weighted by Crippen LogP contribution is -1.92. The molecule has 3 aromatic carbocycles. The topological polar surface area (TPSA) is 32.6 Å². The number of aromatic hydroxyl groups is 1. The summed E-state index contributed by atoms with van der Waals surface area (Å²) in [5.41, 5.74) is 0.945. The Morgan fingerprint density at radius 2 is 1.43 bits per heavy atom. The normalized spacial score (nSPS) is 11.0. The van der Waals surface area contributed by atoms with Crippen LogP contribution < -0.4 is 0 Å². The second-order valence-electron chi connectivity index (χ2n) is 4.93. The molecule has 0 saturated heterocycles. The molecule has 0 bridgehead atoms. The van der Waals surface area contributed by atoms with Gasteiger partial charge in [0, 0.05) is 17.3 Å². The molecule has 0 radical (unpaired) electrons. The molecule has 0 aliphatic rings. The summed E-state index contributed by atoms with van der Waals surface area (Å²) >= 11 is 0. The first-order chi connectivity index (χ1) is 11.2. The molecule has 23 heavy (non-hydrogen) atoms. The van der Waals surface area contributed by atoms with Crippen LogP contribution in [0.2, 0.25) is 0 Å². The summed E-state index contributed by atoms with van der Waals surface area (Å²) in [5.74, 6) is -1.66. The zero-order chi connectivity index (χ0) is 16.2. The van der Waals surface area contributed by atoms with Gasteiger partial charge < -0.3 is 5.11 Å². The number of hydrogen-bond donors (Lipinski definition) is 1. The van der Waals surface area contributed by atoms with Crippen LogP contribution in [0.1, 0.15) is 5.56 Å². The van der Waals surface area contributed by atoms with Crippen LogP contribution in [0.25, 0.3) is 11.1 Å². The van der Waals surface area contributed by atoms with E-state index < -0.39 is 11.6 Å². The molecule has 0 amide bonds. The standard InChI is InChI=1S/C19H13F2NO/c20-16-10-5-11-17(21)18(16)15-9-4-6-13(19(15)23)12-22-14-7-2-1-3-8-14/h1-12,23H. The fourth-order valence-corrected chi connectivity index (χ4v) is 2.28. The summed E-state index contributed by atoms with van der Waals surface area (Å²) in [6.45, 7) is 0. The van der Waals surface area contributed by atoms with E-state index in [1.54, 1.807) is 12.1 Å². The number of phenolic OH excluding ortho intramolecular Hbond substituents is 1. The van der Waals surface area contributed by atoms with Crippen LogP contribution in [0.15, 0.2) is 71.7 Å². The predicted octanol–water partition coefficient (Wildman–Crippen LogP) is 5.09. The van der Waals surface area contributed by atoms with Gasteiger partial charge in [0.25, 0.3) is 0 Å². The van der Waals surface area contributed by atoms with Gasteiger partial charge in [-0.05, 0) is 30.3 Å². The Balaban J connectivity index is 2.04. The van der Waals surface area contributed by atoms with Gasteiger partial charge in [-0.15, -0.1) is 0 Å². The minimum Gasteiger partial charge on any atom is -0.507 e. The minimum atomic E-state index is -0.725. The maximum atomic E-state index is 13.9. The second kappa shape index (κ2) is 6.40. The van der Waals surface area contributed by atoms with Gasteiger partial charge in [-0.25, -0.2) is 8.78 Å². The maximum Gasteiger partial charge on any atom is 0.134 e. The van der Waals surface area contributed by atoms with Crippen LogP contribution in [0.4, 0.5) is 14.5 Å². The summed E-state index contributed by atoms with van der Waals surface area (Å²) in [4.78, 5) is 4.24. The van der Waals surface area contributed by atoms with E-state index in [2.05, 4.69) is 4.99 Å². The SMILES string of the molecule is Oc1c(C=Nc2ccccc2)cccc1-c1c(F)cccc1F. The fraction of sp³-hybridized carbons (Fsp3) is 0. The molecule has 0 atom stereocenters. The van der Waals surface area contributed by atoms with Crippen molar-refractivity contribution >= 4 is 11.9 Å². The van der Waals surface area contributed by atoms with E-state index >= 15 is 0 Å². The Kier molecular flexibility index (Phi) is 4.15. The van der Waals surface area contributed by atoms with Gasteiger partial charge in [0.2, 0.25) is 0 Å². The van der Waals surface area contributed by atoms with Crippen molar-refractivity contribution in [2.24, 2.45) is 4.99 Å². The Hall–Kier alpha value is -3.01. The van der Waals surface area contributed by atoms with Crippen molar-refractivity contribution in [3.05, 3.63) is 83.9 Å². The minimum absolute atomic E-state index is 0.0950. The Morgan fingerprint density at radius 1 is 0.783 bits per heavy atom. The van der Waals surface area contributed by atoms with Crippen molar-refractivity contribution in [2.75, 3.05) is 0 Å². The molecule has 1 N–H and O–H groups in total. The number of halogens is 2. The number of nitrogens with zero attached hydrogens (tertiary/aromatic N) is 1. The van der Waals surface area contributed by atoms with E-state index in [0.29, 0.717) is 5.56 Å². The molecule has 0 spiro atoms. The van der Waals surface area contributed by atoms with Crippen molar-refractivity contribution in [3.63, 3.8) is 0 Å². The predicted molar refractivity (Wildman–Crippen MR) is 87.2 cm³/mol. The zero-order valence-electron chi connectivity index (χ0n) is 12.1. The van der Waals surface area contributed by atoms with Crippen molar-refractivity contribution in [1.82, 2.24) is 0 Å². The van der Waals surface area contributed by atoms with Crippen LogP contribution in [0.3, 0.4) is 0 Å². The summed E-state index contributed by atoms with van der Waals surface area (Å²) in [6, 6.07) is 17.5. The molecule has 0 fully saturated rings. The number of benzene rings is 3. The molecule has 0 aliphatic heterocycles. The molecule has 3 rings (SSSR count). The van der Waals surface area contributed by atoms with Gasteiger partial charge in [-0.3, -0.25) is 4.99 Å². The molecule has 0 aromatic heterocycles. The highest BCUT2D eigenvalue weighted by atomic mass is 19.1. The third kappa shape index (κ3) is 3.11. The van der Waals surface area contributed by atoms with Gasteiger partial charge in [0.1, 0.15) is 17.4 Å². The van der Waals surface area contributed by atoms with E-state index in [9.17, 15) is 13.9 Å². The third-order valence-electron chi connectivity index (χ3n) is 3.41. The highest BCUT2D eigenvalue weighted by Crippen LogP contribution is 2.34. The molecular weight excluding hydrogens is 296 g/mol. The number of aliphatic imine (C=N–C) groups is 1. The lowest BCUT2D eigenvalue weighted by Gasteiger charge is -2.09. The first-order valence-electron chi connectivity index (χ1n) is 7.02. The molecule has 4 heteroatoms. The average molecular weight is 309 g/mol. The fourth-order valence-electron chi connectivity index (χ4n) is 2.28. The van der Waals surface area contributed by atoms with E-state index in [4.69, 9.17) is 0 Å². The summed E-state index contributed by atoms with van der Waals surface area (Å²) < 4.78 is 27.8. The van der Waals surface area contributed by atoms with E-state index in [1.807, 2.05) is 30.3 Å². The van der Waals surface area contributed by atoms with Crippen LogP contribution >= 0.6 is 0 Å². The number of phenols is 1. The molecule has 0 unspecified atom stereocenters. The summed E-state index contributed by atoms with van der Waals surface area (Å²) in [7, 11) is 0. The summed E-state index contributed by atoms with van der Waals surface area (Å²) in [6.07, 6.45) is 1.47. The largest absolute Gasteiger partial charge is 0.507 e. The van der Waals surface area contributed by atoms with Crippen LogP contribution in [0.5, 0.6) is 5.75 Å². The van der Waals surface area contributed by atoms with Gasteiger partial charge in [-0.2, -0.15) is 0 Å². The summed E-state index contributed by atoms with van der Waals surface area (Å²) in [5, 5.41) is 10.3. The zero-order valence-corrected chi connectivity index (χ0v) is 12.1. The van der Waals surface area contributed by atoms with E-state index in [0.717, 1.165) is 17.8 Å². The maximum absolute atomic E-state index is 13.9. The van der Waals surface area contributed by atoms with Gasteiger partial charge in [0.15, 0.2) is 0 Å². The van der Waals surface area contributed by atoms with Crippen LogP contribution in [0, 0.1) is 11.6 Å². The van der Waals surface area contributed by atoms with Gasteiger partial charge in [0.05, 0.1) is 11.3 Å². The molecular formula is C19H13F2NO. The lowest BCUT2D eigenvalue weighted by molar-refractivity contribution is 0.475. The quantitative estimate of drug-likeness (QED) is 0.672. The van der Waals surface area contributed by atoms with Crippen LogP contribution in [-0.4, -0.2) is 11.3 Å². The average Bonchev–Trinajstić information content (AvgIpc) is 2.56. The van der Waals surface area contributed by atoms with E-state index in [-0.39, 0.29) is 16.9 Å². The van der Waals surface area contributed by atoms with Crippen molar-refractivity contribution in [3.8, 4) is 16.9 Å². The number of hydrogen-bond acceptors (Lipinski definition) is 2. The van der Waals surface area contributed by atoms with Crippen molar-refractivity contribution in [2.45, 2.75) is 0 Å². The number of rotatable bonds is 3. The van der Waals surface area contributed by atoms with Gasteiger partial charge in [-0.1, -0.05) is 36.4 Å². The molecule has 0 aliphatic carbocycles. The van der Waals surface area contributed by atoms with Crippen LogP contribution in [-0.2, 0) is 0 Å². The highest BCUT2D eigenvalue weighted by molar-refractivity contribution is 5.90. The monoisotopic (exact) mass is 309 g/mol. The molecule has 114 valence electrons. The molecule has 3 aromatic rings.